The number of aliphatic carboxylic acids is 1. The molecule has 0 aliphatic carbocycles. The van der Waals surface area contributed by atoms with E-state index in [0.717, 1.165) is 0 Å². The molecule has 2 rings (SSSR count). The van der Waals surface area contributed by atoms with Gasteiger partial charge in [0.05, 0.1) is 18.7 Å². The Balaban J connectivity index is 2.09. The molecular formula is C19H26ClNO5. The van der Waals surface area contributed by atoms with Crippen LogP contribution in [0.3, 0.4) is 0 Å². The van der Waals surface area contributed by atoms with E-state index in [-0.39, 0.29) is 18.2 Å². The zero-order valence-corrected chi connectivity index (χ0v) is 16.2. The fourth-order valence-electron chi connectivity index (χ4n) is 3.00. The zero-order valence-electron chi connectivity index (χ0n) is 15.5. The van der Waals surface area contributed by atoms with Crippen LogP contribution < -0.4 is 9.47 Å². The summed E-state index contributed by atoms with van der Waals surface area (Å²) < 4.78 is 11.1. The number of carboxylic acid groups (broad SMARTS) is 1. The van der Waals surface area contributed by atoms with Gasteiger partial charge in [-0.2, -0.15) is 0 Å². The minimum atomic E-state index is -0.789. The van der Waals surface area contributed by atoms with Crippen molar-refractivity contribution in [2.45, 2.75) is 33.1 Å². The number of ether oxygens (including phenoxy) is 2. The van der Waals surface area contributed by atoms with Gasteiger partial charge >= 0.3 is 5.97 Å². The van der Waals surface area contributed by atoms with E-state index in [1.807, 2.05) is 13.8 Å². The molecule has 0 saturated carbocycles. The SMILES string of the molecule is COc1cc(C(=O)N2CCC(CC(=O)O)CC2)cc(Cl)c1OCC(C)C. The summed E-state index contributed by atoms with van der Waals surface area (Å²) in [5, 5.41) is 9.23. The molecule has 1 fully saturated rings. The van der Waals surface area contributed by atoms with E-state index in [1.54, 1.807) is 17.0 Å². The highest BCUT2D eigenvalue weighted by molar-refractivity contribution is 6.32. The number of methoxy groups -OCH3 is 1. The lowest BCUT2D eigenvalue weighted by molar-refractivity contribution is -0.138. The van der Waals surface area contributed by atoms with E-state index in [2.05, 4.69) is 0 Å². The number of hydrogen-bond acceptors (Lipinski definition) is 4. The summed E-state index contributed by atoms with van der Waals surface area (Å²) in [6.07, 6.45) is 1.54. The van der Waals surface area contributed by atoms with Crippen molar-refractivity contribution in [3.8, 4) is 11.5 Å². The largest absolute Gasteiger partial charge is 0.493 e. The number of benzene rings is 1. The Bertz CT molecular complexity index is 654. The van der Waals surface area contributed by atoms with Gasteiger partial charge in [-0.3, -0.25) is 9.59 Å². The summed E-state index contributed by atoms with van der Waals surface area (Å²) in [4.78, 5) is 25.3. The summed E-state index contributed by atoms with van der Waals surface area (Å²) in [5.41, 5.74) is 0.445. The predicted octanol–water partition coefficient (Wildman–Crippen LogP) is 3.71. The van der Waals surface area contributed by atoms with E-state index >= 15 is 0 Å². The molecule has 0 unspecified atom stereocenters. The Morgan fingerprint density at radius 3 is 2.50 bits per heavy atom. The molecule has 7 heteroatoms. The third-order valence-corrected chi connectivity index (χ3v) is 4.68. The van der Waals surface area contributed by atoms with Crippen molar-refractivity contribution in [3.63, 3.8) is 0 Å². The van der Waals surface area contributed by atoms with Crippen LogP contribution >= 0.6 is 11.6 Å². The smallest absolute Gasteiger partial charge is 0.303 e. The van der Waals surface area contributed by atoms with Crippen molar-refractivity contribution >= 4 is 23.5 Å². The fraction of sp³-hybridized carbons (Fsp3) is 0.579. The van der Waals surface area contributed by atoms with Gasteiger partial charge in [0, 0.05) is 25.1 Å². The van der Waals surface area contributed by atoms with E-state index < -0.39 is 5.97 Å². The number of carbonyl (C=O) groups excluding carboxylic acids is 1. The number of carboxylic acids is 1. The zero-order chi connectivity index (χ0) is 19.3. The van der Waals surface area contributed by atoms with Gasteiger partial charge in [0.25, 0.3) is 5.91 Å². The molecule has 0 radical (unpaired) electrons. The Morgan fingerprint density at radius 2 is 1.96 bits per heavy atom. The molecule has 0 bridgehead atoms. The molecule has 0 spiro atoms. The molecule has 1 aromatic rings. The highest BCUT2D eigenvalue weighted by Crippen LogP contribution is 2.37. The first kappa shape index (κ1) is 20.4. The summed E-state index contributed by atoms with van der Waals surface area (Å²) in [6, 6.07) is 3.25. The van der Waals surface area contributed by atoms with Crippen LogP contribution in [0, 0.1) is 11.8 Å². The monoisotopic (exact) mass is 383 g/mol. The van der Waals surface area contributed by atoms with Crippen LogP contribution in [-0.2, 0) is 4.79 Å². The maximum atomic E-state index is 12.8. The van der Waals surface area contributed by atoms with Gasteiger partial charge in [-0.1, -0.05) is 25.4 Å². The molecule has 144 valence electrons. The van der Waals surface area contributed by atoms with Crippen LogP contribution in [-0.4, -0.2) is 48.7 Å². The predicted molar refractivity (Wildman–Crippen MR) is 99.2 cm³/mol. The standard InChI is InChI=1S/C19H26ClNO5/c1-12(2)11-26-18-15(20)9-14(10-16(18)25-3)19(24)21-6-4-13(5-7-21)8-17(22)23/h9-10,12-13H,4-8,11H2,1-3H3,(H,22,23). The number of halogens is 1. The third-order valence-electron chi connectivity index (χ3n) is 4.40. The first-order valence-electron chi connectivity index (χ1n) is 8.83. The summed E-state index contributed by atoms with van der Waals surface area (Å²) in [5.74, 6) is 0.421. The van der Waals surface area contributed by atoms with Gasteiger partial charge in [0.15, 0.2) is 11.5 Å². The highest BCUT2D eigenvalue weighted by atomic mass is 35.5. The van der Waals surface area contributed by atoms with Crippen molar-refractivity contribution in [3.05, 3.63) is 22.7 Å². The van der Waals surface area contributed by atoms with Gasteiger partial charge in [-0.25, -0.2) is 0 Å². The number of nitrogens with zero attached hydrogens (tertiary/aromatic N) is 1. The average Bonchev–Trinajstić information content (AvgIpc) is 2.59. The van der Waals surface area contributed by atoms with Crippen LogP contribution in [0.1, 0.15) is 43.5 Å². The topological polar surface area (TPSA) is 76.1 Å². The van der Waals surface area contributed by atoms with Crippen molar-refractivity contribution in [1.82, 2.24) is 4.90 Å². The molecule has 1 aliphatic heterocycles. The number of rotatable bonds is 7. The Hall–Kier alpha value is -1.95. The molecule has 1 N–H and O–H groups in total. The lowest BCUT2D eigenvalue weighted by Crippen LogP contribution is -2.38. The Kier molecular flexibility index (Phi) is 7.14. The van der Waals surface area contributed by atoms with Gasteiger partial charge in [0.2, 0.25) is 0 Å². The molecule has 1 saturated heterocycles. The maximum Gasteiger partial charge on any atom is 0.303 e. The van der Waals surface area contributed by atoms with Crippen LogP contribution in [0.5, 0.6) is 11.5 Å². The normalized spacial score (nSPS) is 15.2. The molecule has 1 aliphatic rings. The summed E-state index contributed by atoms with van der Waals surface area (Å²) >= 11 is 6.32. The van der Waals surface area contributed by atoms with Crippen LogP contribution in [0.15, 0.2) is 12.1 Å². The van der Waals surface area contributed by atoms with Gasteiger partial charge in [0.1, 0.15) is 0 Å². The second-order valence-electron chi connectivity index (χ2n) is 7.03. The van der Waals surface area contributed by atoms with E-state index in [1.165, 1.54) is 7.11 Å². The Labute approximate surface area is 159 Å². The number of piperidine rings is 1. The molecule has 1 heterocycles. The van der Waals surface area contributed by atoms with Gasteiger partial charge < -0.3 is 19.5 Å². The molecule has 26 heavy (non-hydrogen) atoms. The molecule has 0 atom stereocenters. The van der Waals surface area contributed by atoms with Crippen molar-refractivity contribution in [1.29, 1.82) is 0 Å². The van der Waals surface area contributed by atoms with Crippen molar-refractivity contribution < 1.29 is 24.2 Å². The molecular weight excluding hydrogens is 358 g/mol. The Morgan fingerprint density at radius 1 is 1.31 bits per heavy atom. The van der Waals surface area contributed by atoms with E-state index in [4.69, 9.17) is 26.2 Å². The van der Waals surface area contributed by atoms with Crippen LogP contribution in [0.25, 0.3) is 0 Å². The van der Waals surface area contributed by atoms with Gasteiger partial charge in [-0.05, 0) is 36.8 Å². The van der Waals surface area contributed by atoms with Crippen molar-refractivity contribution in [2.75, 3.05) is 26.8 Å². The second kappa shape index (κ2) is 9.12. The minimum absolute atomic E-state index is 0.126. The third kappa shape index (κ3) is 5.27. The van der Waals surface area contributed by atoms with Crippen LogP contribution in [0.2, 0.25) is 5.02 Å². The fourth-order valence-corrected chi connectivity index (χ4v) is 3.27. The van der Waals surface area contributed by atoms with Crippen LogP contribution in [0.4, 0.5) is 0 Å². The number of hydrogen-bond donors (Lipinski definition) is 1. The first-order chi connectivity index (χ1) is 12.3. The summed E-state index contributed by atoms with van der Waals surface area (Å²) in [6.45, 7) is 5.66. The number of carbonyl (C=O) groups is 2. The quantitative estimate of drug-likeness (QED) is 0.776. The molecule has 1 aromatic carbocycles. The lowest BCUT2D eigenvalue weighted by Gasteiger charge is -2.31. The van der Waals surface area contributed by atoms with E-state index in [9.17, 15) is 9.59 Å². The summed E-state index contributed by atoms with van der Waals surface area (Å²) in [7, 11) is 1.51. The highest BCUT2D eigenvalue weighted by Gasteiger charge is 2.26. The molecule has 6 nitrogen and oxygen atoms in total. The molecule has 0 aromatic heterocycles. The van der Waals surface area contributed by atoms with Gasteiger partial charge in [-0.15, -0.1) is 0 Å². The lowest BCUT2D eigenvalue weighted by atomic mass is 9.93. The molecule has 1 amide bonds. The second-order valence-corrected chi connectivity index (χ2v) is 7.43. The minimum Gasteiger partial charge on any atom is -0.493 e. The number of likely N-dealkylation sites (tertiary alicyclic amines) is 1. The van der Waals surface area contributed by atoms with E-state index in [0.29, 0.717) is 60.5 Å². The van der Waals surface area contributed by atoms with Crippen molar-refractivity contribution in [2.24, 2.45) is 11.8 Å². The first-order valence-corrected chi connectivity index (χ1v) is 9.21. The average molecular weight is 384 g/mol. The maximum absolute atomic E-state index is 12.8. The number of amides is 1.